The van der Waals surface area contributed by atoms with Gasteiger partial charge in [-0.05, 0) is 49.3 Å². The van der Waals surface area contributed by atoms with Gasteiger partial charge in [-0.2, -0.15) is 5.10 Å². The number of carbonyl (C=O) groups is 1. The van der Waals surface area contributed by atoms with Gasteiger partial charge in [-0.15, -0.1) is 0 Å². The summed E-state index contributed by atoms with van der Waals surface area (Å²) >= 11 is 11.2. The fourth-order valence-corrected chi connectivity index (χ4v) is 3.62. The van der Waals surface area contributed by atoms with Crippen molar-refractivity contribution in [3.63, 3.8) is 0 Å². The molecule has 1 aliphatic rings. The van der Waals surface area contributed by atoms with E-state index >= 15 is 0 Å². The van der Waals surface area contributed by atoms with Crippen LogP contribution >= 0.6 is 23.8 Å². The minimum absolute atomic E-state index is 0.0197. The van der Waals surface area contributed by atoms with Crippen molar-refractivity contribution in [1.29, 1.82) is 0 Å². The fraction of sp³-hybridized carbons (Fsp3) is 0.471. The lowest BCUT2D eigenvalue weighted by Crippen LogP contribution is -2.44. The van der Waals surface area contributed by atoms with Crippen LogP contribution in [0.15, 0.2) is 24.3 Å². The van der Waals surface area contributed by atoms with Gasteiger partial charge in [0.15, 0.2) is 10.6 Å². The second kappa shape index (κ2) is 8.12. The van der Waals surface area contributed by atoms with Crippen LogP contribution in [0, 0.1) is 10.7 Å². The molecule has 1 fully saturated rings. The number of hydrogen-bond donors (Lipinski definition) is 3. The van der Waals surface area contributed by atoms with Crippen LogP contribution in [-0.4, -0.2) is 38.4 Å². The molecule has 0 unspecified atom stereocenters. The summed E-state index contributed by atoms with van der Waals surface area (Å²) in [7, 11) is 0. The summed E-state index contributed by atoms with van der Waals surface area (Å²) in [5, 5.41) is 20.1. The third kappa shape index (κ3) is 4.29. The summed E-state index contributed by atoms with van der Waals surface area (Å²) in [5.41, 5.74) is 0.829. The first-order valence-electron chi connectivity index (χ1n) is 8.40. The van der Waals surface area contributed by atoms with Gasteiger partial charge in [0.25, 0.3) is 0 Å². The number of H-pyrrole nitrogens is 1. The van der Waals surface area contributed by atoms with E-state index < -0.39 is 0 Å². The number of amides is 1. The molecular formula is C17H21ClN4O2S. The fourth-order valence-electron chi connectivity index (χ4n) is 3.30. The van der Waals surface area contributed by atoms with Crippen LogP contribution in [0.3, 0.4) is 0 Å². The van der Waals surface area contributed by atoms with Gasteiger partial charge in [0.2, 0.25) is 5.91 Å². The van der Waals surface area contributed by atoms with Gasteiger partial charge in [0, 0.05) is 29.2 Å². The van der Waals surface area contributed by atoms with Gasteiger partial charge in [0.05, 0.1) is 0 Å². The first kappa shape index (κ1) is 18.1. The molecule has 2 aromatic rings. The third-order valence-electron chi connectivity index (χ3n) is 4.65. The Morgan fingerprint density at radius 1 is 1.36 bits per heavy atom. The SMILES string of the molecule is O=C(Cn1c(-c2ccc(Cl)cc2)n[nH]c1=S)N[C@@H]1CCCC[C@@H]1CO. The smallest absolute Gasteiger partial charge is 0.240 e. The highest BCUT2D eigenvalue weighted by Gasteiger charge is 2.26. The number of halogens is 1. The summed E-state index contributed by atoms with van der Waals surface area (Å²) in [6.45, 7) is 0.189. The molecule has 0 spiro atoms. The van der Waals surface area contributed by atoms with Crippen molar-refractivity contribution in [2.75, 3.05) is 6.61 Å². The average molecular weight is 381 g/mol. The maximum absolute atomic E-state index is 12.5. The molecule has 0 saturated heterocycles. The number of aliphatic hydroxyl groups is 1. The number of nitrogens with one attached hydrogen (secondary N) is 2. The number of aromatic amines is 1. The molecule has 1 heterocycles. The van der Waals surface area contributed by atoms with Crippen molar-refractivity contribution in [3.8, 4) is 11.4 Å². The quantitative estimate of drug-likeness (QED) is 0.696. The molecule has 8 heteroatoms. The molecule has 1 aromatic heterocycles. The normalized spacial score (nSPS) is 20.4. The van der Waals surface area contributed by atoms with Crippen LogP contribution in [0.25, 0.3) is 11.4 Å². The average Bonchev–Trinajstić information content (AvgIpc) is 2.97. The largest absolute Gasteiger partial charge is 0.396 e. The Labute approximate surface area is 156 Å². The maximum Gasteiger partial charge on any atom is 0.240 e. The second-order valence-corrected chi connectivity index (χ2v) is 7.17. The van der Waals surface area contributed by atoms with Crippen molar-refractivity contribution in [1.82, 2.24) is 20.1 Å². The number of carbonyl (C=O) groups excluding carboxylic acids is 1. The molecule has 1 aromatic carbocycles. The summed E-state index contributed by atoms with van der Waals surface area (Å²) in [4.78, 5) is 12.5. The Morgan fingerprint density at radius 3 is 2.80 bits per heavy atom. The molecule has 25 heavy (non-hydrogen) atoms. The van der Waals surface area contributed by atoms with Gasteiger partial charge in [0.1, 0.15) is 6.54 Å². The van der Waals surface area contributed by atoms with Crippen LogP contribution < -0.4 is 5.32 Å². The lowest BCUT2D eigenvalue weighted by molar-refractivity contribution is -0.123. The monoisotopic (exact) mass is 380 g/mol. The van der Waals surface area contributed by atoms with E-state index in [1.54, 1.807) is 16.7 Å². The molecule has 1 saturated carbocycles. The zero-order valence-electron chi connectivity index (χ0n) is 13.7. The van der Waals surface area contributed by atoms with E-state index in [9.17, 15) is 9.90 Å². The second-order valence-electron chi connectivity index (χ2n) is 6.35. The van der Waals surface area contributed by atoms with E-state index in [-0.39, 0.29) is 31.0 Å². The number of nitrogens with zero attached hydrogens (tertiary/aromatic N) is 2. The van der Waals surface area contributed by atoms with E-state index in [1.807, 2.05) is 12.1 Å². The number of hydrogen-bond acceptors (Lipinski definition) is 4. The molecule has 1 amide bonds. The van der Waals surface area contributed by atoms with Crippen molar-refractivity contribution >= 4 is 29.7 Å². The highest BCUT2D eigenvalue weighted by Crippen LogP contribution is 2.24. The molecule has 2 atom stereocenters. The number of aliphatic hydroxyl groups excluding tert-OH is 1. The molecule has 3 N–H and O–H groups in total. The van der Waals surface area contributed by atoms with Crippen molar-refractivity contribution in [2.24, 2.45) is 5.92 Å². The Bertz CT molecular complexity index is 787. The Morgan fingerprint density at radius 2 is 2.08 bits per heavy atom. The molecule has 3 rings (SSSR count). The van der Waals surface area contributed by atoms with Crippen LogP contribution in [0.1, 0.15) is 25.7 Å². The number of aromatic nitrogens is 3. The first-order chi connectivity index (χ1) is 12.1. The maximum atomic E-state index is 12.5. The Hall–Kier alpha value is -1.70. The third-order valence-corrected chi connectivity index (χ3v) is 5.22. The molecule has 6 nitrogen and oxygen atoms in total. The number of rotatable bonds is 5. The van der Waals surface area contributed by atoms with E-state index in [1.165, 1.54) is 0 Å². The topological polar surface area (TPSA) is 82.9 Å². The van der Waals surface area contributed by atoms with Gasteiger partial charge in [-0.25, -0.2) is 0 Å². The summed E-state index contributed by atoms with van der Waals surface area (Å²) in [5.74, 6) is 0.600. The minimum atomic E-state index is -0.127. The molecule has 0 bridgehead atoms. The predicted octanol–water partition coefficient (Wildman–Crippen LogP) is 2.93. The van der Waals surface area contributed by atoms with Gasteiger partial charge in [-0.3, -0.25) is 14.5 Å². The minimum Gasteiger partial charge on any atom is -0.396 e. The molecular weight excluding hydrogens is 360 g/mol. The lowest BCUT2D eigenvalue weighted by Gasteiger charge is -2.30. The van der Waals surface area contributed by atoms with Gasteiger partial charge >= 0.3 is 0 Å². The van der Waals surface area contributed by atoms with E-state index in [0.717, 1.165) is 31.2 Å². The summed E-state index contributed by atoms with van der Waals surface area (Å²) in [6, 6.07) is 7.24. The summed E-state index contributed by atoms with van der Waals surface area (Å²) in [6.07, 6.45) is 4.02. The van der Waals surface area contributed by atoms with Crippen molar-refractivity contribution in [2.45, 2.75) is 38.3 Å². The predicted molar refractivity (Wildman–Crippen MR) is 98.8 cm³/mol. The van der Waals surface area contributed by atoms with Crippen molar-refractivity contribution in [3.05, 3.63) is 34.1 Å². The Kier molecular flexibility index (Phi) is 5.88. The van der Waals surface area contributed by atoms with Crippen molar-refractivity contribution < 1.29 is 9.90 Å². The van der Waals surface area contributed by atoms with E-state index in [4.69, 9.17) is 23.8 Å². The van der Waals surface area contributed by atoms with Crippen LogP contribution in [-0.2, 0) is 11.3 Å². The van der Waals surface area contributed by atoms with E-state index in [0.29, 0.717) is 15.6 Å². The zero-order chi connectivity index (χ0) is 17.8. The standard InChI is InChI=1S/C17H21ClN4O2S/c18-13-7-5-11(6-8-13)16-20-21-17(25)22(16)9-15(24)19-14-4-2-1-3-12(14)10-23/h5-8,12,14,23H,1-4,9-10H2,(H,19,24)(H,21,25)/t12-,14-/m1/s1. The zero-order valence-corrected chi connectivity index (χ0v) is 15.3. The molecule has 134 valence electrons. The Balaban J connectivity index is 1.74. The highest BCUT2D eigenvalue weighted by molar-refractivity contribution is 7.71. The van der Waals surface area contributed by atoms with Gasteiger partial charge < -0.3 is 10.4 Å². The van der Waals surface area contributed by atoms with Crippen LogP contribution in [0.4, 0.5) is 0 Å². The molecule has 1 aliphatic carbocycles. The lowest BCUT2D eigenvalue weighted by atomic mass is 9.85. The number of benzene rings is 1. The van der Waals surface area contributed by atoms with Gasteiger partial charge in [-0.1, -0.05) is 24.4 Å². The highest BCUT2D eigenvalue weighted by atomic mass is 35.5. The molecule has 0 aliphatic heterocycles. The summed E-state index contributed by atoms with van der Waals surface area (Å²) < 4.78 is 2.06. The van der Waals surface area contributed by atoms with Crippen LogP contribution in [0.2, 0.25) is 5.02 Å². The van der Waals surface area contributed by atoms with Crippen LogP contribution in [0.5, 0.6) is 0 Å². The molecule has 0 radical (unpaired) electrons. The van der Waals surface area contributed by atoms with E-state index in [2.05, 4.69) is 15.5 Å². The first-order valence-corrected chi connectivity index (χ1v) is 9.18.